The van der Waals surface area contributed by atoms with Crippen LogP contribution >= 0.6 is 0 Å². The Hall–Kier alpha value is -1.58. The van der Waals surface area contributed by atoms with E-state index in [0.29, 0.717) is 6.54 Å². The standard InChI is InChI=1S/C14H17FN2O/c15-11-4-6-12(7-5-11)17-13(18)16-10-14(17)8-2-1-3-9-14/h4-7H,1-3,8-10H2,(H,16,18). The van der Waals surface area contributed by atoms with E-state index in [1.807, 2.05) is 4.90 Å². The minimum absolute atomic E-state index is 0.0523. The number of amides is 2. The van der Waals surface area contributed by atoms with Crippen molar-refractivity contribution in [3.63, 3.8) is 0 Å². The molecule has 0 radical (unpaired) electrons. The second-order valence-electron chi connectivity index (χ2n) is 5.26. The number of halogens is 1. The second kappa shape index (κ2) is 4.26. The fourth-order valence-electron chi connectivity index (χ4n) is 3.21. The molecule has 2 aliphatic rings. The third-order valence-electron chi connectivity index (χ3n) is 4.12. The van der Waals surface area contributed by atoms with Crippen LogP contribution < -0.4 is 10.2 Å². The molecule has 1 aliphatic heterocycles. The lowest BCUT2D eigenvalue weighted by molar-refractivity contribution is 0.248. The minimum atomic E-state index is -0.268. The molecular formula is C14H17FN2O. The zero-order valence-electron chi connectivity index (χ0n) is 10.3. The van der Waals surface area contributed by atoms with Crippen molar-refractivity contribution in [2.45, 2.75) is 37.6 Å². The Labute approximate surface area is 106 Å². The van der Waals surface area contributed by atoms with Crippen LogP contribution in [0.5, 0.6) is 0 Å². The Kier molecular flexibility index (Phi) is 2.73. The topological polar surface area (TPSA) is 32.3 Å². The summed E-state index contributed by atoms with van der Waals surface area (Å²) in [6, 6.07) is 6.16. The molecule has 1 saturated carbocycles. The lowest BCUT2D eigenvalue weighted by Crippen LogP contribution is -2.48. The van der Waals surface area contributed by atoms with Crippen LogP contribution in [0.1, 0.15) is 32.1 Å². The zero-order valence-corrected chi connectivity index (χ0v) is 10.3. The maximum Gasteiger partial charge on any atom is 0.322 e. The Morgan fingerprint density at radius 3 is 2.44 bits per heavy atom. The largest absolute Gasteiger partial charge is 0.335 e. The minimum Gasteiger partial charge on any atom is -0.335 e. The van der Waals surface area contributed by atoms with Gasteiger partial charge in [0.2, 0.25) is 0 Å². The number of nitrogens with zero attached hydrogens (tertiary/aromatic N) is 1. The van der Waals surface area contributed by atoms with Crippen LogP contribution in [0, 0.1) is 5.82 Å². The number of hydrogen-bond donors (Lipinski definition) is 1. The number of carbonyl (C=O) groups excluding carboxylic acids is 1. The molecular weight excluding hydrogens is 231 g/mol. The molecule has 1 saturated heterocycles. The molecule has 0 unspecified atom stereocenters. The Balaban J connectivity index is 1.96. The van der Waals surface area contributed by atoms with E-state index >= 15 is 0 Å². The number of benzene rings is 1. The molecule has 4 heteroatoms. The average Bonchev–Trinajstić information content (AvgIpc) is 2.69. The first-order chi connectivity index (χ1) is 8.71. The third-order valence-corrected chi connectivity index (χ3v) is 4.12. The molecule has 3 rings (SSSR count). The molecule has 96 valence electrons. The van der Waals surface area contributed by atoms with Gasteiger partial charge in [0.25, 0.3) is 0 Å². The lowest BCUT2D eigenvalue weighted by atomic mass is 9.81. The van der Waals surface area contributed by atoms with Crippen molar-refractivity contribution in [1.82, 2.24) is 5.32 Å². The molecule has 1 aromatic rings. The van der Waals surface area contributed by atoms with E-state index in [9.17, 15) is 9.18 Å². The average molecular weight is 248 g/mol. The summed E-state index contributed by atoms with van der Waals surface area (Å²) in [5, 5.41) is 2.94. The monoisotopic (exact) mass is 248 g/mol. The van der Waals surface area contributed by atoms with Crippen molar-refractivity contribution in [3.8, 4) is 0 Å². The summed E-state index contributed by atoms with van der Waals surface area (Å²) < 4.78 is 13.0. The highest BCUT2D eigenvalue weighted by Crippen LogP contribution is 2.39. The van der Waals surface area contributed by atoms with Crippen LogP contribution in [0.4, 0.5) is 14.9 Å². The van der Waals surface area contributed by atoms with Crippen LogP contribution in [0.25, 0.3) is 0 Å². The summed E-state index contributed by atoms with van der Waals surface area (Å²) in [7, 11) is 0. The van der Waals surface area contributed by atoms with Crippen molar-refractivity contribution in [1.29, 1.82) is 0 Å². The van der Waals surface area contributed by atoms with E-state index in [-0.39, 0.29) is 17.4 Å². The van der Waals surface area contributed by atoms with Gasteiger partial charge in [0.15, 0.2) is 0 Å². The molecule has 0 bridgehead atoms. The summed E-state index contributed by atoms with van der Waals surface area (Å²) in [4.78, 5) is 13.9. The van der Waals surface area contributed by atoms with Crippen molar-refractivity contribution in [2.24, 2.45) is 0 Å². The highest BCUT2D eigenvalue weighted by molar-refractivity contribution is 5.96. The maximum absolute atomic E-state index is 13.0. The van der Waals surface area contributed by atoms with Gasteiger partial charge in [0.05, 0.1) is 5.54 Å². The summed E-state index contributed by atoms with van der Waals surface area (Å²) >= 11 is 0. The van der Waals surface area contributed by atoms with Gasteiger partial charge in [-0.05, 0) is 37.1 Å². The maximum atomic E-state index is 13.0. The molecule has 1 N–H and O–H groups in total. The molecule has 3 nitrogen and oxygen atoms in total. The van der Waals surface area contributed by atoms with Gasteiger partial charge in [-0.15, -0.1) is 0 Å². The highest BCUT2D eigenvalue weighted by atomic mass is 19.1. The first kappa shape index (κ1) is 11.5. The fraction of sp³-hybridized carbons (Fsp3) is 0.500. The SMILES string of the molecule is O=C1NCC2(CCCCC2)N1c1ccc(F)cc1. The van der Waals surface area contributed by atoms with Crippen LogP contribution in [0.15, 0.2) is 24.3 Å². The smallest absolute Gasteiger partial charge is 0.322 e. The first-order valence-electron chi connectivity index (χ1n) is 6.55. The molecule has 1 heterocycles. The molecule has 1 aliphatic carbocycles. The predicted molar refractivity (Wildman–Crippen MR) is 68.1 cm³/mol. The van der Waals surface area contributed by atoms with E-state index in [0.717, 1.165) is 31.4 Å². The van der Waals surface area contributed by atoms with Gasteiger partial charge in [-0.2, -0.15) is 0 Å². The second-order valence-corrected chi connectivity index (χ2v) is 5.26. The van der Waals surface area contributed by atoms with E-state index in [2.05, 4.69) is 5.32 Å². The summed E-state index contributed by atoms with van der Waals surface area (Å²) in [5.41, 5.74) is 0.709. The van der Waals surface area contributed by atoms with Gasteiger partial charge in [-0.1, -0.05) is 19.3 Å². The van der Waals surface area contributed by atoms with Crippen molar-refractivity contribution >= 4 is 11.7 Å². The molecule has 18 heavy (non-hydrogen) atoms. The van der Waals surface area contributed by atoms with Crippen LogP contribution in [-0.4, -0.2) is 18.1 Å². The van der Waals surface area contributed by atoms with Gasteiger partial charge in [0.1, 0.15) is 5.82 Å². The van der Waals surface area contributed by atoms with E-state index in [4.69, 9.17) is 0 Å². The van der Waals surface area contributed by atoms with Gasteiger partial charge in [0, 0.05) is 12.2 Å². The molecule has 1 spiro atoms. The number of urea groups is 1. The van der Waals surface area contributed by atoms with Gasteiger partial charge < -0.3 is 5.32 Å². The lowest BCUT2D eigenvalue weighted by Gasteiger charge is -2.40. The van der Waals surface area contributed by atoms with E-state index in [1.54, 1.807) is 12.1 Å². The van der Waals surface area contributed by atoms with E-state index in [1.165, 1.54) is 18.6 Å². The van der Waals surface area contributed by atoms with Crippen LogP contribution in [0.3, 0.4) is 0 Å². The van der Waals surface area contributed by atoms with Crippen LogP contribution in [0.2, 0.25) is 0 Å². The quantitative estimate of drug-likeness (QED) is 0.814. The first-order valence-corrected chi connectivity index (χ1v) is 6.55. The van der Waals surface area contributed by atoms with Gasteiger partial charge in [-0.3, -0.25) is 4.90 Å². The van der Waals surface area contributed by atoms with Crippen molar-refractivity contribution < 1.29 is 9.18 Å². The third kappa shape index (κ3) is 1.76. The Morgan fingerprint density at radius 2 is 1.78 bits per heavy atom. The molecule has 1 aromatic carbocycles. The number of carbonyl (C=O) groups is 1. The number of anilines is 1. The van der Waals surface area contributed by atoms with Crippen LogP contribution in [-0.2, 0) is 0 Å². The van der Waals surface area contributed by atoms with Gasteiger partial charge in [-0.25, -0.2) is 9.18 Å². The molecule has 0 atom stereocenters. The van der Waals surface area contributed by atoms with Crippen molar-refractivity contribution in [2.75, 3.05) is 11.4 Å². The molecule has 2 fully saturated rings. The number of rotatable bonds is 1. The summed E-state index contributed by atoms with van der Waals surface area (Å²) in [6.45, 7) is 0.712. The van der Waals surface area contributed by atoms with E-state index < -0.39 is 0 Å². The number of hydrogen-bond acceptors (Lipinski definition) is 1. The zero-order chi connectivity index (χ0) is 12.6. The normalized spacial score (nSPS) is 22.3. The number of nitrogens with one attached hydrogen (secondary N) is 1. The molecule has 2 amide bonds. The van der Waals surface area contributed by atoms with Gasteiger partial charge >= 0.3 is 6.03 Å². The molecule has 0 aromatic heterocycles. The predicted octanol–water partition coefficient (Wildman–Crippen LogP) is 3.06. The summed E-state index contributed by atoms with van der Waals surface area (Å²) in [5.74, 6) is -0.268. The van der Waals surface area contributed by atoms with Crippen molar-refractivity contribution in [3.05, 3.63) is 30.1 Å². The summed E-state index contributed by atoms with van der Waals surface area (Å²) in [6.07, 6.45) is 5.62. The Morgan fingerprint density at radius 1 is 1.11 bits per heavy atom. The highest BCUT2D eigenvalue weighted by Gasteiger charge is 2.46. The Bertz CT molecular complexity index is 451. The fourth-order valence-corrected chi connectivity index (χ4v) is 3.21.